The molecule has 1 unspecified atom stereocenters. The third kappa shape index (κ3) is 2.48. The first kappa shape index (κ1) is 8.49. The summed E-state index contributed by atoms with van der Waals surface area (Å²) in [5, 5.41) is 8.50. The van der Waals surface area contributed by atoms with E-state index in [0.29, 0.717) is 13.2 Å². The van der Waals surface area contributed by atoms with E-state index in [9.17, 15) is 4.79 Å². The minimum Gasteiger partial charge on any atom is -0.480 e. The minimum absolute atomic E-state index is 0.129. The Bertz CT molecular complexity index is 149. The maximum atomic E-state index is 10.3. The van der Waals surface area contributed by atoms with Gasteiger partial charge in [0.2, 0.25) is 0 Å². The number of hydrogen-bond acceptors (Lipinski definition) is 3. The Morgan fingerprint density at radius 1 is 1.82 bits per heavy atom. The van der Waals surface area contributed by atoms with Gasteiger partial charge >= 0.3 is 5.97 Å². The summed E-state index contributed by atoms with van der Waals surface area (Å²) in [6.45, 7) is 4.13. The molecule has 0 aliphatic carbocycles. The predicted molar refractivity (Wildman–Crippen MR) is 39.5 cm³/mol. The van der Waals surface area contributed by atoms with Gasteiger partial charge in [0.15, 0.2) is 0 Å². The fraction of sp³-hybridized carbons (Fsp3) is 0.857. The minimum atomic E-state index is -0.765. The summed E-state index contributed by atoms with van der Waals surface area (Å²) in [6, 6.07) is 0.236. The highest BCUT2D eigenvalue weighted by molar-refractivity contribution is 5.69. The largest absolute Gasteiger partial charge is 0.480 e. The molecule has 1 aliphatic heterocycles. The van der Waals surface area contributed by atoms with Crippen LogP contribution >= 0.6 is 0 Å². The molecule has 0 aromatic carbocycles. The van der Waals surface area contributed by atoms with E-state index in [2.05, 4.69) is 0 Å². The second-order valence-electron chi connectivity index (χ2n) is 2.79. The maximum absolute atomic E-state index is 10.3. The van der Waals surface area contributed by atoms with Crippen molar-refractivity contribution in [2.24, 2.45) is 0 Å². The van der Waals surface area contributed by atoms with Crippen molar-refractivity contribution in [1.82, 2.24) is 4.90 Å². The number of rotatable bonds is 2. The molecule has 0 aromatic rings. The van der Waals surface area contributed by atoms with Gasteiger partial charge in [-0.2, -0.15) is 0 Å². The normalized spacial score (nSPS) is 26.8. The molecule has 1 fully saturated rings. The number of morpholine rings is 1. The third-order valence-electron chi connectivity index (χ3n) is 1.84. The average molecular weight is 159 g/mol. The van der Waals surface area contributed by atoms with E-state index < -0.39 is 5.97 Å². The summed E-state index contributed by atoms with van der Waals surface area (Å²) in [5.74, 6) is -0.765. The van der Waals surface area contributed by atoms with Crippen LogP contribution in [0.1, 0.15) is 6.92 Å². The van der Waals surface area contributed by atoms with Gasteiger partial charge in [-0.3, -0.25) is 9.69 Å². The molecule has 1 atom stereocenters. The Labute approximate surface area is 65.8 Å². The molecule has 11 heavy (non-hydrogen) atoms. The Hall–Kier alpha value is -0.610. The second-order valence-corrected chi connectivity index (χ2v) is 2.79. The molecule has 1 aliphatic rings. The highest BCUT2D eigenvalue weighted by atomic mass is 16.5. The molecule has 0 radical (unpaired) electrons. The lowest BCUT2D eigenvalue weighted by Crippen LogP contribution is -2.45. The monoisotopic (exact) mass is 159 g/mol. The van der Waals surface area contributed by atoms with Crippen molar-refractivity contribution in [2.75, 3.05) is 26.3 Å². The Balaban J connectivity index is 2.35. The summed E-state index contributed by atoms with van der Waals surface area (Å²) >= 11 is 0. The first-order valence-corrected chi connectivity index (χ1v) is 3.73. The number of hydrogen-bond donors (Lipinski definition) is 1. The van der Waals surface area contributed by atoms with Crippen molar-refractivity contribution < 1.29 is 14.6 Å². The van der Waals surface area contributed by atoms with Gasteiger partial charge < -0.3 is 9.84 Å². The molecule has 4 heteroatoms. The smallest absolute Gasteiger partial charge is 0.317 e. The number of carbonyl (C=O) groups is 1. The van der Waals surface area contributed by atoms with Gasteiger partial charge in [0.1, 0.15) is 0 Å². The van der Waals surface area contributed by atoms with Crippen molar-refractivity contribution in [1.29, 1.82) is 0 Å². The first-order valence-electron chi connectivity index (χ1n) is 3.73. The Morgan fingerprint density at radius 3 is 3.09 bits per heavy atom. The van der Waals surface area contributed by atoms with Crippen LogP contribution in [0.4, 0.5) is 0 Å². The van der Waals surface area contributed by atoms with Crippen molar-refractivity contribution in [2.45, 2.75) is 13.0 Å². The van der Waals surface area contributed by atoms with E-state index in [1.54, 1.807) is 0 Å². The highest BCUT2D eigenvalue weighted by Gasteiger charge is 2.20. The molecular weight excluding hydrogens is 146 g/mol. The lowest BCUT2D eigenvalue weighted by Gasteiger charge is -2.31. The molecule has 0 spiro atoms. The summed E-state index contributed by atoms with van der Waals surface area (Å²) in [5.41, 5.74) is 0. The molecule has 0 amide bonds. The Kier molecular flexibility index (Phi) is 2.84. The van der Waals surface area contributed by atoms with Gasteiger partial charge in [-0.15, -0.1) is 0 Å². The van der Waals surface area contributed by atoms with Crippen LogP contribution in [-0.4, -0.2) is 48.3 Å². The molecule has 1 heterocycles. The zero-order chi connectivity index (χ0) is 8.27. The Morgan fingerprint density at radius 2 is 2.55 bits per heavy atom. The van der Waals surface area contributed by atoms with Crippen LogP contribution in [-0.2, 0) is 9.53 Å². The van der Waals surface area contributed by atoms with Crippen LogP contribution in [0.15, 0.2) is 0 Å². The topological polar surface area (TPSA) is 49.8 Å². The standard InChI is InChI=1S/C7H13NO3/c1-6-5-11-3-2-8(6)4-7(9)10/h6H,2-5H2,1H3,(H,9,10). The molecular formula is C7H13NO3. The fourth-order valence-electron chi connectivity index (χ4n) is 1.17. The number of nitrogens with zero attached hydrogens (tertiary/aromatic N) is 1. The van der Waals surface area contributed by atoms with Crippen molar-refractivity contribution >= 4 is 5.97 Å². The lowest BCUT2D eigenvalue weighted by molar-refractivity contribution is -0.140. The molecule has 1 rings (SSSR count). The van der Waals surface area contributed by atoms with Crippen LogP contribution in [0, 0.1) is 0 Å². The summed E-state index contributed by atoms with van der Waals surface area (Å²) in [6.07, 6.45) is 0. The quantitative estimate of drug-likeness (QED) is 0.605. The zero-order valence-electron chi connectivity index (χ0n) is 6.62. The van der Waals surface area contributed by atoms with E-state index >= 15 is 0 Å². The first-order chi connectivity index (χ1) is 5.20. The van der Waals surface area contributed by atoms with E-state index in [0.717, 1.165) is 6.54 Å². The SMILES string of the molecule is CC1COCCN1CC(=O)O. The second kappa shape index (κ2) is 3.69. The van der Waals surface area contributed by atoms with E-state index in [1.165, 1.54) is 0 Å². The van der Waals surface area contributed by atoms with E-state index in [1.807, 2.05) is 11.8 Å². The van der Waals surface area contributed by atoms with Crippen molar-refractivity contribution in [3.63, 3.8) is 0 Å². The molecule has 0 aromatic heterocycles. The molecule has 0 bridgehead atoms. The van der Waals surface area contributed by atoms with Gasteiger partial charge in [0.25, 0.3) is 0 Å². The summed E-state index contributed by atoms with van der Waals surface area (Å²) in [4.78, 5) is 12.2. The van der Waals surface area contributed by atoms with Crippen LogP contribution in [0.3, 0.4) is 0 Å². The fourth-order valence-corrected chi connectivity index (χ4v) is 1.17. The molecule has 1 N–H and O–H groups in total. The summed E-state index contributed by atoms with van der Waals surface area (Å²) < 4.78 is 5.16. The van der Waals surface area contributed by atoms with E-state index in [-0.39, 0.29) is 12.6 Å². The molecule has 4 nitrogen and oxygen atoms in total. The van der Waals surface area contributed by atoms with Crippen molar-refractivity contribution in [3.05, 3.63) is 0 Å². The van der Waals surface area contributed by atoms with Gasteiger partial charge in [-0.25, -0.2) is 0 Å². The molecule has 64 valence electrons. The molecule has 0 saturated carbocycles. The van der Waals surface area contributed by atoms with Crippen LogP contribution in [0.25, 0.3) is 0 Å². The number of aliphatic carboxylic acids is 1. The summed E-state index contributed by atoms with van der Waals surface area (Å²) in [7, 11) is 0. The van der Waals surface area contributed by atoms with Gasteiger partial charge in [-0.1, -0.05) is 0 Å². The average Bonchev–Trinajstić information content (AvgIpc) is 1.93. The van der Waals surface area contributed by atoms with Crippen LogP contribution < -0.4 is 0 Å². The van der Waals surface area contributed by atoms with Gasteiger partial charge in [-0.05, 0) is 6.92 Å². The third-order valence-corrected chi connectivity index (χ3v) is 1.84. The van der Waals surface area contributed by atoms with Crippen molar-refractivity contribution in [3.8, 4) is 0 Å². The van der Waals surface area contributed by atoms with E-state index in [4.69, 9.17) is 9.84 Å². The number of carboxylic acids is 1. The maximum Gasteiger partial charge on any atom is 0.317 e. The highest BCUT2D eigenvalue weighted by Crippen LogP contribution is 2.04. The van der Waals surface area contributed by atoms with Gasteiger partial charge in [0.05, 0.1) is 19.8 Å². The zero-order valence-corrected chi connectivity index (χ0v) is 6.62. The molecule has 1 saturated heterocycles. The lowest BCUT2D eigenvalue weighted by atomic mass is 10.2. The number of ether oxygens (including phenoxy) is 1. The predicted octanol–water partition coefficient (Wildman–Crippen LogP) is -0.208. The van der Waals surface area contributed by atoms with Crippen LogP contribution in [0.5, 0.6) is 0 Å². The number of carboxylic acid groups (broad SMARTS) is 1. The van der Waals surface area contributed by atoms with Crippen LogP contribution in [0.2, 0.25) is 0 Å². The van der Waals surface area contributed by atoms with Gasteiger partial charge in [0, 0.05) is 12.6 Å².